The van der Waals surface area contributed by atoms with E-state index in [0.29, 0.717) is 18.8 Å². The molecule has 110 valence electrons. The van der Waals surface area contributed by atoms with Crippen LogP contribution in [0.4, 0.5) is 5.69 Å². The molecule has 1 aromatic carbocycles. The smallest absolute Gasteiger partial charge is 0.233 e. The van der Waals surface area contributed by atoms with Gasteiger partial charge in [-0.15, -0.1) is 0 Å². The molecule has 5 nitrogen and oxygen atoms in total. The molecule has 0 fully saturated rings. The molecule has 0 bridgehead atoms. The van der Waals surface area contributed by atoms with Crippen LogP contribution in [-0.2, 0) is 9.59 Å². The Labute approximate surface area is 119 Å². The standard InChI is InChI=1S/C15H22N2O3/c1-3-5-10-16-14(18)11-15(19)17-12-6-8-13(9-7-12)20-4-2/h6-9H,3-5,10-11H2,1-2H3,(H,16,18)(H,17,19). The molecule has 0 atom stereocenters. The van der Waals surface area contributed by atoms with Crippen molar-refractivity contribution in [3.8, 4) is 5.75 Å². The number of rotatable bonds is 8. The highest BCUT2D eigenvalue weighted by molar-refractivity contribution is 6.03. The molecule has 0 aliphatic heterocycles. The molecule has 0 aromatic heterocycles. The summed E-state index contributed by atoms with van der Waals surface area (Å²) in [6.45, 7) is 5.17. The van der Waals surface area contributed by atoms with Crippen LogP contribution in [0.1, 0.15) is 33.1 Å². The van der Waals surface area contributed by atoms with Crippen molar-refractivity contribution >= 4 is 17.5 Å². The summed E-state index contributed by atoms with van der Waals surface area (Å²) in [5.74, 6) is 0.188. The van der Waals surface area contributed by atoms with Gasteiger partial charge in [-0.2, -0.15) is 0 Å². The van der Waals surface area contributed by atoms with Gasteiger partial charge < -0.3 is 15.4 Å². The highest BCUT2D eigenvalue weighted by Gasteiger charge is 2.09. The van der Waals surface area contributed by atoms with Crippen molar-refractivity contribution in [2.45, 2.75) is 33.1 Å². The molecule has 2 amide bonds. The second kappa shape index (κ2) is 8.96. The van der Waals surface area contributed by atoms with Crippen LogP contribution in [0.5, 0.6) is 5.75 Å². The Balaban J connectivity index is 2.36. The van der Waals surface area contributed by atoms with Gasteiger partial charge in [0.1, 0.15) is 12.2 Å². The lowest BCUT2D eigenvalue weighted by atomic mass is 10.3. The lowest BCUT2D eigenvalue weighted by Crippen LogP contribution is -2.28. The van der Waals surface area contributed by atoms with Gasteiger partial charge in [0.15, 0.2) is 0 Å². The summed E-state index contributed by atoms with van der Waals surface area (Å²) in [6, 6.07) is 7.05. The molecule has 0 spiro atoms. The Hall–Kier alpha value is -2.04. The lowest BCUT2D eigenvalue weighted by molar-refractivity contribution is -0.126. The first-order valence-corrected chi connectivity index (χ1v) is 6.95. The highest BCUT2D eigenvalue weighted by Crippen LogP contribution is 2.15. The number of benzene rings is 1. The van der Waals surface area contributed by atoms with Crippen LogP contribution >= 0.6 is 0 Å². The van der Waals surface area contributed by atoms with Crippen LogP contribution in [0.3, 0.4) is 0 Å². The van der Waals surface area contributed by atoms with E-state index in [9.17, 15) is 9.59 Å². The number of hydrogen-bond acceptors (Lipinski definition) is 3. The second-order valence-corrected chi connectivity index (χ2v) is 4.39. The van der Waals surface area contributed by atoms with Crippen LogP contribution in [0.2, 0.25) is 0 Å². The third-order valence-electron chi connectivity index (χ3n) is 2.62. The van der Waals surface area contributed by atoms with Crippen molar-refractivity contribution in [1.82, 2.24) is 5.32 Å². The van der Waals surface area contributed by atoms with Crippen molar-refractivity contribution in [2.75, 3.05) is 18.5 Å². The van der Waals surface area contributed by atoms with Crippen LogP contribution in [0, 0.1) is 0 Å². The molecule has 5 heteroatoms. The second-order valence-electron chi connectivity index (χ2n) is 4.39. The Bertz CT molecular complexity index is 429. The molecule has 2 N–H and O–H groups in total. The highest BCUT2D eigenvalue weighted by atomic mass is 16.5. The van der Waals surface area contributed by atoms with Crippen LogP contribution < -0.4 is 15.4 Å². The lowest BCUT2D eigenvalue weighted by Gasteiger charge is -2.07. The van der Waals surface area contributed by atoms with E-state index in [-0.39, 0.29) is 18.2 Å². The van der Waals surface area contributed by atoms with Gasteiger partial charge in [-0.05, 0) is 37.6 Å². The number of carbonyl (C=O) groups is 2. The van der Waals surface area contributed by atoms with Gasteiger partial charge in [-0.1, -0.05) is 13.3 Å². The normalized spacial score (nSPS) is 9.90. The molecule has 0 unspecified atom stereocenters. The van der Waals surface area contributed by atoms with Crippen molar-refractivity contribution in [3.05, 3.63) is 24.3 Å². The largest absolute Gasteiger partial charge is 0.494 e. The summed E-state index contributed by atoms with van der Waals surface area (Å²) in [5, 5.41) is 5.38. The Morgan fingerprint density at radius 1 is 1.10 bits per heavy atom. The van der Waals surface area contributed by atoms with Gasteiger partial charge in [-0.25, -0.2) is 0 Å². The summed E-state index contributed by atoms with van der Waals surface area (Å²) in [4.78, 5) is 23.1. The Kier molecular flexibility index (Phi) is 7.17. The van der Waals surface area contributed by atoms with E-state index in [4.69, 9.17) is 4.74 Å². The minimum atomic E-state index is -0.317. The van der Waals surface area contributed by atoms with E-state index in [1.165, 1.54) is 0 Å². The van der Waals surface area contributed by atoms with Crippen LogP contribution in [0.15, 0.2) is 24.3 Å². The first-order chi connectivity index (χ1) is 9.65. The summed E-state index contributed by atoms with van der Waals surface area (Å²) >= 11 is 0. The zero-order chi connectivity index (χ0) is 14.8. The number of unbranched alkanes of at least 4 members (excludes halogenated alkanes) is 1. The monoisotopic (exact) mass is 278 g/mol. The van der Waals surface area contributed by atoms with Gasteiger partial charge in [0, 0.05) is 12.2 Å². The molecule has 0 aliphatic carbocycles. The van der Waals surface area contributed by atoms with Gasteiger partial charge in [-0.3, -0.25) is 9.59 Å². The molecule has 0 saturated carbocycles. The SMILES string of the molecule is CCCCNC(=O)CC(=O)Nc1ccc(OCC)cc1. The van der Waals surface area contributed by atoms with Crippen molar-refractivity contribution < 1.29 is 14.3 Å². The van der Waals surface area contributed by atoms with Crippen molar-refractivity contribution in [2.24, 2.45) is 0 Å². The predicted molar refractivity (Wildman–Crippen MR) is 78.8 cm³/mol. The van der Waals surface area contributed by atoms with Crippen LogP contribution in [-0.4, -0.2) is 25.0 Å². The maximum atomic E-state index is 11.7. The minimum Gasteiger partial charge on any atom is -0.494 e. The zero-order valence-corrected chi connectivity index (χ0v) is 12.1. The number of anilines is 1. The first kappa shape index (κ1) is 16.0. The van der Waals surface area contributed by atoms with Gasteiger partial charge in [0.25, 0.3) is 0 Å². The van der Waals surface area contributed by atoms with Gasteiger partial charge in [0.05, 0.1) is 6.61 Å². The van der Waals surface area contributed by atoms with E-state index in [1.807, 2.05) is 13.8 Å². The summed E-state index contributed by atoms with van der Waals surface area (Å²) in [6.07, 6.45) is 1.78. The number of ether oxygens (including phenoxy) is 1. The molecule has 1 aromatic rings. The van der Waals surface area contributed by atoms with Crippen molar-refractivity contribution in [1.29, 1.82) is 0 Å². The van der Waals surface area contributed by atoms with E-state index in [2.05, 4.69) is 10.6 Å². The molecule has 0 heterocycles. The Morgan fingerprint density at radius 2 is 1.80 bits per heavy atom. The number of amides is 2. The first-order valence-electron chi connectivity index (χ1n) is 6.95. The van der Waals surface area contributed by atoms with Crippen molar-refractivity contribution in [3.63, 3.8) is 0 Å². The van der Waals surface area contributed by atoms with E-state index >= 15 is 0 Å². The molecule has 0 radical (unpaired) electrons. The minimum absolute atomic E-state index is 0.156. The summed E-state index contributed by atoms with van der Waals surface area (Å²) in [7, 11) is 0. The third-order valence-corrected chi connectivity index (χ3v) is 2.62. The average Bonchev–Trinajstić information content (AvgIpc) is 2.41. The predicted octanol–water partition coefficient (Wildman–Crippen LogP) is 2.33. The average molecular weight is 278 g/mol. The van der Waals surface area contributed by atoms with E-state index < -0.39 is 0 Å². The van der Waals surface area contributed by atoms with Crippen LogP contribution in [0.25, 0.3) is 0 Å². The maximum absolute atomic E-state index is 11.7. The fraction of sp³-hybridized carbons (Fsp3) is 0.467. The third kappa shape index (κ3) is 6.22. The quantitative estimate of drug-likeness (QED) is 0.566. The van der Waals surface area contributed by atoms with Gasteiger partial charge >= 0.3 is 0 Å². The molecule has 1 rings (SSSR count). The molecular weight excluding hydrogens is 256 g/mol. The number of nitrogens with one attached hydrogen (secondary N) is 2. The van der Waals surface area contributed by atoms with Gasteiger partial charge in [0.2, 0.25) is 11.8 Å². The summed E-state index contributed by atoms with van der Waals surface area (Å²) in [5.41, 5.74) is 0.653. The number of carbonyl (C=O) groups excluding carboxylic acids is 2. The Morgan fingerprint density at radius 3 is 2.40 bits per heavy atom. The molecule has 20 heavy (non-hydrogen) atoms. The zero-order valence-electron chi connectivity index (χ0n) is 12.1. The maximum Gasteiger partial charge on any atom is 0.233 e. The fourth-order valence-corrected chi connectivity index (χ4v) is 1.62. The van der Waals surface area contributed by atoms with E-state index in [0.717, 1.165) is 18.6 Å². The summed E-state index contributed by atoms with van der Waals surface area (Å²) < 4.78 is 5.31. The van der Waals surface area contributed by atoms with E-state index in [1.54, 1.807) is 24.3 Å². The topological polar surface area (TPSA) is 67.4 Å². The molecule has 0 aliphatic rings. The fourth-order valence-electron chi connectivity index (χ4n) is 1.62. The molecular formula is C15H22N2O3. The number of hydrogen-bond donors (Lipinski definition) is 2. The molecule has 0 saturated heterocycles.